The predicted molar refractivity (Wildman–Crippen MR) is 69.7 cm³/mol. The molecule has 4 nitrogen and oxygen atoms in total. The highest BCUT2D eigenvalue weighted by molar-refractivity contribution is 5.87. The SMILES string of the molecule is O=C1CC2CC1CN2C(=O)OCCc1ccccc1. The molecule has 0 N–H and O–H groups in total. The van der Waals surface area contributed by atoms with Gasteiger partial charge >= 0.3 is 6.09 Å². The summed E-state index contributed by atoms with van der Waals surface area (Å²) in [7, 11) is 0. The molecule has 1 aromatic carbocycles. The number of benzene rings is 1. The van der Waals surface area contributed by atoms with E-state index in [0.717, 1.165) is 18.4 Å². The number of carbonyl (C=O) groups is 2. The van der Waals surface area contributed by atoms with Gasteiger partial charge in [-0.2, -0.15) is 0 Å². The number of nitrogens with zero attached hydrogens (tertiary/aromatic N) is 1. The third-order valence-corrected chi connectivity index (χ3v) is 4.00. The molecule has 1 aliphatic heterocycles. The average molecular weight is 259 g/mol. The maximum absolute atomic E-state index is 11.9. The van der Waals surface area contributed by atoms with E-state index < -0.39 is 0 Å². The van der Waals surface area contributed by atoms with Crippen LogP contribution in [0.4, 0.5) is 4.79 Å². The first kappa shape index (κ1) is 12.2. The number of hydrogen-bond donors (Lipinski definition) is 0. The summed E-state index contributed by atoms with van der Waals surface area (Å²) in [5.41, 5.74) is 1.16. The lowest BCUT2D eigenvalue weighted by Gasteiger charge is -2.25. The second kappa shape index (κ2) is 5.03. The number of hydrogen-bond acceptors (Lipinski definition) is 3. The lowest BCUT2D eigenvalue weighted by molar-refractivity contribution is -0.122. The summed E-state index contributed by atoms with van der Waals surface area (Å²) in [6, 6.07) is 10.0. The van der Waals surface area contributed by atoms with Crippen molar-refractivity contribution < 1.29 is 14.3 Å². The van der Waals surface area contributed by atoms with E-state index in [0.29, 0.717) is 25.4 Å². The Hall–Kier alpha value is -1.84. The number of fused-ring (bicyclic) bond motifs is 2. The van der Waals surface area contributed by atoms with Crippen molar-refractivity contribution in [1.82, 2.24) is 4.90 Å². The largest absolute Gasteiger partial charge is 0.449 e. The number of likely N-dealkylation sites (tertiary alicyclic amines) is 1. The van der Waals surface area contributed by atoms with E-state index in [4.69, 9.17) is 4.74 Å². The molecule has 0 aromatic heterocycles. The van der Waals surface area contributed by atoms with Gasteiger partial charge in [-0.25, -0.2) is 4.79 Å². The Morgan fingerprint density at radius 1 is 1.32 bits per heavy atom. The van der Waals surface area contributed by atoms with Crippen LogP contribution >= 0.6 is 0 Å². The van der Waals surface area contributed by atoms with Gasteiger partial charge in [0.1, 0.15) is 5.78 Å². The van der Waals surface area contributed by atoms with Gasteiger partial charge in [0.15, 0.2) is 0 Å². The molecule has 1 aliphatic carbocycles. The molecule has 1 heterocycles. The predicted octanol–water partition coefficient (Wildman–Crippen LogP) is 2.03. The minimum absolute atomic E-state index is 0.0617. The molecule has 4 heteroatoms. The van der Waals surface area contributed by atoms with E-state index in [-0.39, 0.29) is 18.1 Å². The fourth-order valence-corrected chi connectivity index (χ4v) is 2.95. The monoisotopic (exact) mass is 259 g/mol. The van der Waals surface area contributed by atoms with E-state index in [1.165, 1.54) is 0 Å². The van der Waals surface area contributed by atoms with Crippen molar-refractivity contribution >= 4 is 11.9 Å². The van der Waals surface area contributed by atoms with Crippen molar-refractivity contribution in [3.8, 4) is 0 Å². The standard InChI is InChI=1S/C15H17NO3/c17-14-9-13-8-12(14)10-16(13)15(18)19-7-6-11-4-2-1-3-5-11/h1-5,12-13H,6-10H2. The molecule has 1 saturated heterocycles. The Labute approximate surface area is 112 Å². The Bertz CT molecular complexity index is 485. The van der Waals surface area contributed by atoms with Crippen molar-refractivity contribution in [3.05, 3.63) is 35.9 Å². The van der Waals surface area contributed by atoms with Crippen molar-refractivity contribution in [2.24, 2.45) is 5.92 Å². The Kier molecular flexibility index (Phi) is 3.23. The van der Waals surface area contributed by atoms with E-state index in [1.54, 1.807) is 4.90 Å². The normalized spacial score (nSPS) is 24.8. The van der Waals surface area contributed by atoms with Crippen LogP contribution in [-0.4, -0.2) is 36.0 Å². The molecule has 0 radical (unpaired) electrons. The quantitative estimate of drug-likeness (QED) is 0.834. The van der Waals surface area contributed by atoms with Crippen LogP contribution in [-0.2, 0) is 16.0 Å². The average Bonchev–Trinajstić information content (AvgIpc) is 2.99. The van der Waals surface area contributed by atoms with E-state index in [9.17, 15) is 9.59 Å². The molecule has 19 heavy (non-hydrogen) atoms. The fourth-order valence-electron chi connectivity index (χ4n) is 2.95. The molecule has 0 spiro atoms. The van der Waals surface area contributed by atoms with Crippen LogP contribution in [0.25, 0.3) is 0 Å². The van der Waals surface area contributed by atoms with E-state index >= 15 is 0 Å². The summed E-state index contributed by atoms with van der Waals surface area (Å²) in [4.78, 5) is 25.1. The summed E-state index contributed by atoms with van der Waals surface area (Å²) < 4.78 is 5.29. The summed E-state index contributed by atoms with van der Waals surface area (Å²) in [6.07, 6.45) is 1.80. The Morgan fingerprint density at radius 2 is 2.11 bits per heavy atom. The molecular weight excluding hydrogens is 242 g/mol. The van der Waals surface area contributed by atoms with Crippen LogP contribution in [0.3, 0.4) is 0 Å². The van der Waals surface area contributed by atoms with Crippen molar-refractivity contribution in [2.45, 2.75) is 25.3 Å². The lowest BCUT2D eigenvalue weighted by Crippen LogP contribution is -2.40. The Balaban J connectivity index is 1.47. The summed E-state index contributed by atoms with van der Waals surface area (Å²) >= 11 is 0. The highest BCUT2D eigenvalue weighted by atomic mass is 16.6. The number of Topliss-reactive ketones (excluding diaryl/α,β-unsaturated/α-hetero) is 1. The number of ketones is 1. The summed E-state index contributed by atoms with van der Waals surface area (Å²) in [6.45, 7) is 0.943. The number of carbonyl (C=O) groups excluding carboxylic acids is 2. The maximum atomic E-state index is 11.9. The zero-order valence-electron chi connectivity index (χ0n) is 10.7. The van der Waals surface area contributed by atoms with Crippen LogP contribution in [0.1, 0.15) is 18.4 Å². The first-order chi connectivity index (χ1) is 9.24. The molecule has 3 rings (SSSR count). The van der Waals surface area contributed by atoms with Crippen LogP contribution in [0.2, 0.25) is 0 Å². The minimum atomic E-state index is -0.268. The van der Waals surface area contributed by atoms with Gasteiger partial charge in [-0.3, -0.25) is 4.79 Å². The van der Waals surface area contributed by atoms with E-state index in [1.807, 2.05) is 30.3 Å². The maximum Gasteiger partial charge on any atom is 0.410 e. The minimum Gasteiger partial charge on any atom is -0.449 e. The molecule has 100 valence electrons. The van der Waals surface area contributed by atoms with Gasteiger partial charge in [-0.05, 0) is 12.0 Å². The van der Waals surface area contributed by atoms with Gasteiger partial charge in [-0.1, -0.05) is 30.3 Å². The van der Waals surface area contributed by atoms with Gasteiger partial charge < -0.3 is 9.64 Å². The highest BCUT2D eigenvalue weighted by Gasteiger charge is 2.46. The first-order valence-electron chi connectivity index (χ1n) is 6.74. The highest BCUT2D eigenvalue weighted by Crippen LogP contribution is 2.35. The topological polar surface area (TPSA) is 46.6 Å². The first-order valence-corrected chi connectivity index (χ1v) is 6.74. The number of amides is 1. The lowest BCUT2D eigenvalue weighted by atomic mass is 10.1. The smallest absolute Gasteiger partial charge is 0.410 e. The fraction of sp³-hybridized carbons (Fsp3) is 0.467. The molecule has 2 fully saturated rings. The zero-order valence-corrected chi connectivity index (χ0v) is 10.7. The zero-order chi connectivity index (χ0) is 13.2. The third-order valence-electron chi connectivity index (χ3n) is 4.00. The number of ether oxygens (including phenoxy) is 1. The van der Waals surface area contributed by atoms with Gasteiger partial charge in [-0.15, -0.1) is 0 Å². The van der Waals surface area contributed by atoms with E-state index in [2.05, 4.69) is 0 Å². The van der Waals surface area contributed by atoms with Crippen molar-refractivity contribution in [3.63, 3.8) is 0 Å². The molecule has 2 aliphatic rings. The van der Waals surface area contributed by atoms with Crippen LogP contribution in [0, 0.1) is 5.92 Å². The number of rotatable bonds is 3. The molecule has 1 amide bonds. The van der Waals surface area contributed by atoms with Gasteiger partial charge in [0, 0.05) is 31.3 Å². The number of piperidine rings is 1. The molecule has 2 atom stereocenters. The van der Waals surface area contributed by atoms with Crippen molar-refractivity contribution in [1.29, 1.82) is 0 Å². The van der Waals surface area contributed by atoms with Crippen LogP contribution in [0.15, 0.2) is 30.3 Å². The van der Waals surface area contributed by atoms with Crippen LogP contribution in [0.5, 0.6) is 0 Å². The van der Waals surface area contributed by atoms with Gasteiger partial charge in [0.25, 0.3) is 0 Å². The second-order valence-electron chi connectivity index (χ2n) is 5.26. The molecule has 2 bridgehead atoms. The summed E-state index contributed by atoms with van der Waals surface area (Å²) in [5, 5.41) is 0. The van der Waals surface area contributed by atoms with Gasteiger partial charge in [0.2, 0.25) is 0 Å². The molecule has 1 aromatic rings. The second-order valence-corrected chi connectivity index (χ2v) is 5.26. The molecular formula is C15H17NO3. The molecule has 2 unspecified atom stereocenters. The molecule has 1 saturated carbocycles. The van der Waals surface area contributed by atoms with Gasteiger partial charge in [0.05, 0.1) is 6.61 Å². The summed E-state index contributed by atoms with van der Waals surface area (Å²) in [5.74, 6) is 0.366. The Morgan fingerprint density at radius 3 is 2.74 bits per heavy atom. The van der Waals surface area contributed by atoms with Crippen molar-refractivity contribution in [2.75, 3.05) is 13.2 Å². The van der Waals surface area contributed by atoms with Crippen LogP contribution < -0.4 is 0 Å². The third kappa shape index (κ3) is 2.48.